The highest BCUT2D eigenvalue weighted by Gasteiger charge is 2.10. The number of thiophene rings is 1. The number of carbonyl (C=O) groups is 1. The Balaban J connectivity index is 1.82. The molecule has 1 N–H and O–H groups in total. The Morgan fingerprint density at radius 1 is 1.00 bits per heavy atom. The van der Waals surface area contributed by atoms with Crippen LogP contribution in [0.25, 0.3) is 20.2 Å². The zero-order chi connectivity index (χ0) is 16.7. The van der Waals surface area contributed by atoms with Gasteiger partial charge in [0.2, 0.25) is 0 Å². The van der Waals surface area contributed by atoms with Gasteiger partial charge in [-0.1, -0.05) is 17.7 Å². The SMILES string of the molecule is Cc1ccc2sc3ccc(NC(=O)c4cccs4)cc3c(=O)c2c1. The second-order valence-corrected chi connectivity index (χ2v) is 7.60. The minimum Gasteiger partial charge on any atom is -0.321 e. The van der Waals surface area contributed by atoms with Crippen molar-refractivity contribution in [3.05, 3.63) is 74.6 Å². The molecule has 0 aliphatic rings. The molecule has 0 bridgehead atoms. The average molecular weight is 351 g/mol. The standard InChI is InChI=1S/C19H13NO2S2/c1-11-4-6-15-13(9-11)18(21)14-10-12(5-7-16(14)24-15)20-19(22)17-3-2-8-23-17/h2-10H,1H3,(H,20,22). The van der Waals surface area contributed by atoms with Crippen molar-refractivity contribution in [1.82, 2.24) is 0 Å². The van der Waals surface area contributed by atoms with Gasteiger partial charge in [0.15, 0.2) is 5.43 Å². The number of hydrogen-bond acceptors (Lipinski definition) is 4. The molecule has 0 aliphatic carbocycles. The lowest BCUT2D eigenvalue weighted by molar-refractivity contribution is 0.103. The zero-order valence-corrected chi connectivity index (χ0v) is 14.5. The van der Waals surface area contributed by atoms with Gasteiger partial charge < -0.3 is 5.32 Å². The molecule has 0 radical (unpaired) electrons. The van der Waals surface area contributed by atoms with Crippen LogP contribution in [0.2, 0.25) is 0 Å². The summed E-state index contributed by atoms with van der Waals surface area (Å²) in [6.45, 7) is 1.98. The van der Waals surface area contributed by atoms with Crippen molar-refractivity contribution >= 4 is 54.4 Å². The Morgan fingerprint density at radius 2 is 1.75 bits per heavy atom. The van der Waals surface area contributed by atoms with Gasteiger partial charge >= 0.3 is 0 Å². The van der Waals surface area contributed by atoms with Gasteiger partial charge in [-0.05, 0) is 48.7 Å². The third-order valence-electron chi connectivity index (χ3n) is 3.83. The van der Waals surface area contributed by atoms with Crippen LogP contribution in [-0.4, -0.2) is 5.91 Å². The lowest BCUT2D eigenvalue weighted by Gasteiger charge is -2.06. The highest BCUT2D eigenvalue weighted by atomic mass is 32.1. The van der Waals surface area contributed by atoms with E-state index in [2.05, 4.69) is 5.32 Å². The number of aryl methyl sites for hydroxylation is 1. The Morgan fingerprint density at radius 3 is 2.50 bits per heavy atom. The first-order valence-corrected chi connectivity index (χ1v) is 9.13. The fraction of sp³-hybridized carbons (Fsp3) is 0.0526. The number of fused-ring (bicyclic) bond motifs is 2. The van der Waals surface area contributed by atoms with E-state index in [1.165, 1.54) is 11.3 Å². The maximum atomic E-state index is 12.8. The second-order valence-electron chi connectivity index (χ2n) is 5.57. The molecule has 0 fully saturated rings. The Labute approximate surface area is 146 Å². The van der Waals surface area contributed by atoms with Gasteiger partial charge in [-0.2, -0.15) is 0 Å². The minimum atomic E-state index is -0.155. The smallest absolute Gasteiger partial charge is 0.265 e. The quantitative estimate of drug-likeness (QED) is 0.514. The summed E-state index contributed by atoms with van der Waals surface area (Å²) in [6.07, 6.45) is 0. The maximum Gasteiger partial charge on any atom is 0.265 e. The van der Waals surface area contributed by atoms with Crippen molar-refractivity contribution in [2.45, 2.75) is 6.92 Å². The van der Waals surface area contributed by atoms with Crippen LogP contribution in [0.1, 0.15) is 15.2 Å². The topological polar surface area (TPSA) is 46.2 Å². The molecule has 0 unspecified atom stereocenters. The second kappa shape index (κ2) is 5.85. The van der Waals surface area contributed by atoms with Gasteiger partial charge in [0.05, 0.1) is 4.88 Å². The number of benzene rings is 2. The van der Waals surface area contributed by atoms with Crippen molar-refractivity contribution in [1.29, 1.82) is 0 Å². The molecule has 1 amide bonds. The largest absolute Gasteiger partial charge is 0.321 e. The molecule has 0 saturated carbocycles. The average Bonchev–Trinajstić information content (AvgIpc) is 3.11. The van der Waals surface area contributed by atoms with Crippen LogP contribution in [0, 0.1) is 6.92 Å². The van der Waals surface area contributed by atoms with Crippen LogP contribution < -0.4 is 10.7 Å². The summed E-state index contributed by atoms with van der Waals surface area (Å²) in [5, 5.41) is 6.09. The molecule has 24 heavy (non-hydrogen) atoms. The molecule has 3 nitrogen and oxygen atoms in total. The summed E-state index contributed by atoms with van der Waals surface area (Å²) in [5.74, 6) is -0.155. The highest BCUT2D eigenvalue weighted by molar-refractivity contribution is 7.24. The van der Waals surface area contributed by atoms with Crippen molar-refractivity contribution in [2.24, 2.45) is 0 Å². The van der Waals surface area contributed by atoms with Crippen LogP contribution >= 0.6 is 22.7 Å². The first-order chi connectivity index (χ1) is 11.6. The summed E-state index contributed by atoms with van der Waals surface area (Å²) in [7, 11) is 0. The third kappa shape index (κ3) is 2.62. The van der Waals surface area contributed by atoms with Crippen molar-refractivity contribution in [3.63, 3.8) is 0 Å². The summed E-state index contributed by atoms with van der Waals surface area (Å²) in [4.78, 5) is 25.6. The Bertz CT molecular complexity index is 1130. The number of amides is 1. The molecular weight excluding hydrogens is 338 g/mol. The molecule has 2 heterocycles. The molecule has 4 rings (SSSR count). The molecule has 5 heteroatoms. The minimum absolute atomic E-state index is 0.00896. The molecule has 0 aliphatic heterocycles. The Kier molecular flexibility index (Phi) is 3.67. The van der Waals surface area contributed by atoms with Crippen molar-refractivity contribution in [3.8, 4) is 0 Å². The van der Waals surface area contributed by atoms with Gasteiger partial charge in [0.25, 0.3) is 5.91 Å². The summed E-state index contributed by atoms with van der Waals surface area (Å²) in [5.41, 5.74) is 1.71. The van der Waals surface area contributed by atoms with Gasteiger partial charge in [0.1, 0.15) is 0 Å². The van der Waals surface area contributed by atoms with Gasteiger partial charge in [-0.15, -0.1) is 22.7 Å². The van der Waals surface area contributed by atoms with E-state index < -0.39 is 0 Å². The molecule has 4 aromatic rings. The van der Waals surface area contributed by atoms with E-state index in [0.717, 1.165) is 20.3 Å². The molecule has 118 valence electrons. The number of rotatable bonds is 2. The van der Waals surface area contributed by atoms with Crippen LogP contribution in [0.5, 0.6) is 0 Å². The van der Waals surface area contributed by atoms with Crippen LogP contribution in [-0.2, 0) is 0 Å². The van der Waals surface area contributed by atoms with E-state index in [0.29, 0.717) is 16.0 Å². The lowest BCUT2D eigenvalue weighted by Crippen LogP contribution is -2.10. The number of hydrogen-bond donors (Lipinski definition) is 1. The Hall–Kier alpha value is -2.50. The predicted molar refractivity (Wildman–Crippen MR) is 103 cm³/mol. The normalized spacial score (nSPS) is 11.0. The highest BCUT2D eigenvalue weighted by Crippen LogP contribution is 2.27. The fourth-order valence-electron chi connectivity index (χ4n) is 2.65. The third-order valence-corrected chi connectivity index (χ3v) is 5.85. The first kappa shape index (κ1) is 15.1. The molecule has 0 spiro atoms. The van der Waals surface area contributed by atoms with E-state index in [9.17, 15) is 9.59 Å². The number of anilines is 1. The molecule has 2 aromatic carbocycles. The maximum absolute atomic E-state index is 12.8. The van der Waals surface area contributed by atoms with Crippen LogP contribution in [0.3, 0.4) is 0 Å². The predicted octanol–water partition coefficient (Wildman–Crippen LogP) is 5.04. The van der Waals surface area contributed by atoms with E-state index in [4.69, 9.17) is 0 Å². The summed E-state index contributed by atoms with van der Waals surface area (Å²) < 4.78 is 1.90. The molecule has 2 aromatic heterocycles. The van der Waals surface area contributed by atoms with Gasteiger partial charge in [0, 0.05) is 25.9 Å². The van der Waals surface area contributed by atoms with Gasteiger partial charge in [-0.3, -0.25) is 9.59 Å². The van der Waals surface area contributed by atoms with E-state index in [-0.39, 0.29) is 11.3 Å². The monoisotopic (exact) mass is 351 g/mol. The molecule has 0 atom stereocenters. The van der Waals surface area contributed by atoms with E-state index in [1.807, 2.05) is 48.7 Å². The summed E-state index contributed by atoms with van der Waals surface area (Å²) >= 11 is 2.98. The van der Waals surface area contributed by atoms with Crippen LogP contribution in [0.15, 0.2) is 58.7 Å². The number of carbonyl (C=O) groups excluding carboxylic acids is 1. The number of nitrogens with one attached hydrogen (secondary N) is 1. The van der Waals surface area contributed by atoms with Gasteiger partial charge in [-0.25, -0.2) is 0 Å². The summed E-state index contributed by atoms with van der Waals surface area (Å²) in [6, 6.07) is 15.0. The van der Waals surface area contributed by atoms with Crippen molar-refractivity contribution < 1.29 is 4.79 Å². The van der Waals surface area contributed by atoms with Crippen molar-refractivity contribution in [2.75, 3.05) is 5.32 Å². The van der Waals surface area contributed by atoms with Crippen LogP contribution in [0.4, 0.5) is 5.69 Å². The molecular formula is C19H13NO2S2. The molecule has 0 saturated heterocycles. The lowest BCUT2D eigenvalue weighted by atomic mass is 10.1. The first-order valence-electron chi connectivity index (χ1n) is 7.44. The van der Waals surface area contributed by atoms with E-state index >= 15 is 0 Å². The zero-order valence-electron chi connectivity index (χ0n) is 12.8. The fourth-order valence-corrected chi connectivity index (χ4v) is 4.30. The van der Waals surface area contributed by atoms with E-state index in [1.54, 1.807) is 23.5 Å².